The molecule has 0 fully saturated rings. The zero-order valence-corrected chi connectivity index (χ0v) is 16.5. The van der Waals surface area contributed by atoms with E-state index < -0.39 is 27.7 Å². The van der Waals surface area contributed by atoms with E-state index in [0.29, 0.717) is 5.56 Å². The summed E-state index contributed by atoms with van der Waals surface area (Å²) in [6.07, 6.45) is -3.27. The predicted octanol–water partition coefficient (Wildman–Crippen LogP) is 3.64. The second-order valence-electron chi connectivity index (χ2n) is 6.31. The minimum Gasteiger partial charge on any atom is -0.341 e. The predicted molar refractivity (Wildman–Crippen MR) is 105 cm³/mol. The monoisotopic (exact) mass is 426 g/mol. The van der Waals surface area contributed by atoms with E-state index in [1.807, 2.05) is 0 Å². The Balaban J connectivity index is 1.89. The maximum atomic E-state index is 13.0. The van der Waals surface area contributed by atoms with E-state index >= 15 is 0 Å². The van der Waals surface area contributed by atoms with E-state index in [-0.39, 0.29) is 25.1 Å². The third-order valence-corrected chi connectivity index (χ3v) is 5.14. The van der Waals surface area contributed by atoms with Crippen LogP contribution in [0, 0.1) is 0 Å². The molecule has 5 nitrogen and oxygen atoms in total. The average molecular weight is 426 g/mol. The van der Waals surface area contributed by atoms with E-state index in [9.17, 15) is 26.4 Å². The molecule has 2 aromatic rings. The van der Waals surface area contributed by atoms with Crippen LogP contribution in [0.4, 0.5) is 13.2 Å². The van der Waals surface area contributed by atoms with Crippen molar-refractivity contribution < 1.29 is 26.4 Å². The number of amides is 1. The summed E-state index contributed by atoms with van der Waals surface area (Å²) in [5.74, 6) is -0.475. The lowest BCUT2D eigenvalue weighted by atomic mass is 10.1. The van der Waals surface area contributed by atoms with Crippen LogP contribution in [0.5, 0.6) is 0 Å². The fourth-order valence-electron chi connectivity index (χ4n) is 2.55. The van der Waals surface area contributed by atoms with Crippen LogP contribution < -0.4 is 4.72 Å². The Hall–Kier alpha value is -2.65. The highest BCUT2D eigenvalue weighted by Crippen LogP contribution is 2.32. The number of carbonyl (C=O) groups is 1. The van der Waals surface area contributed by atoms with E-state index in [1.165, 1.54) is 31.3 Å². The summed E-state index contributed by atoms with van der Waals surface area (Å²) >= 11 is 0. The summed E-state index contributed by atoms with van der Waals surface area (Å²) < 4.78 is 65.3. The quantitative estimate of drug-likeness (QED) is 0.701. The Kier molecular flexibility index (Phi) is 7.58. The fraction of sp³-hybridized carbons (Fsp3) is 0.250. The minimum atomic E-state index is -4.51. The van der Waals surface area contributed by atoms with Crippen molar-refractivity contribution in [3.05, 3.63) is 76.7 Å². The van der Waals surface area contributed by atoms with Gasteiger partial charge in [0, 0.05) is 32.0 Å². The Bertz CT molecular complexity index is 958. The molecule has 0 saturated heterocycles. The van der Waals surface area contributed by atoms with Crippen molar-refractivity contribution in [2.24, 2.45) is 0 Å². The molecular formula is C20H21F3N2O3S. The van der Waals surface area contributed by atoms with Gasteiger partial charge in [0.2, 0.25) is 15.9 Å². The van der Waals surface area contributed by atoms with Gasteiger partial charge in [0.25, 0.3) is 0 Å². The van der Waals surface area contributed by atoms with Crippen molar-refractivity contribution in [3.8, 4) is 0 Å². The van der Waals surface area contributed by atoms with Crippen molar-refractivity contribution in [3.63, 3.8) is 0 Å². The molecule has 0 heterocycles. The molecule has 0 spiro atoms. The van der Waals surface area contributed by atoms with Gasteiger partial charge < -0.3 is 4.90 Å². The highest BCUT2D eigenvalue weighted by Gasteiger charge is 2.33. The van der Waals surface area contributed by atoms with Crippen molar-refractivity contribution in [2.45, 2.75) is 19.1 Å². The fourth-order valence-corrected chi connectivity index (χ4v) is 3.37. The van der Waals surface area contributed by atoms with Crippen molar-refractivity contribution in [2.75, 3.05) is 13.6 Å². The van der Waals surface area contributed by atoms with Gasteiger partial charge in [-0.25, -0.2) is 13.1 Å². The van der Waals surface area contributed by atoms with Crippen LogP contribution in [0.3, 0.4) is 0 Å². The van der Waals surface area contributed by atoms with Crippen LogP contribution in [0.15, 0.2) is 60.0 Å². The van der Waals surface area contributed by atoms with Crippen LogP contribution in [0.2, 0.25) is 0 Å². The number of carbonyl (C=O) groups excluding carboxylic acids is 1. The molecule has 0 atom stereocenters. The number of rotatable bonds is 8. The maximum absolute atomic E-state index is 13.0. The molecule has 0 aliphatic heterocycles. The van der Waals surface area contributed by atoms with Gasteiger partial charge in [-0.3, -0.25) is 4.79 Å². The molecule has 0 aromatic heterocycles. The molecule has 2 rings (SSSR count). The average Bonchev–Trinajstić information content (AvgIpc) is 2.66. The third-order valence-electron chi connectivity index (χ3n) is 4.04. The topological polar surface area (TPSA) is 66.5 Å². The van der Waals surface area contributed by atoms with Gasteiger partial charge in [0.15, 0.2) is 0 Å². The molecule has 29 heavy (non-hydrogen) atoms. The molecule has 0 aliphatic rings. The minimum absolute atomic E-state index is 0.0257. The Labute approximate surface area is 167 Å². The number of hydrogen-bond donors (Lipinski definition) is 1. The first-order chi connectivity index (χ1) is 13.6. The van der Waals surface area contributed by atoms with Gasteiger partial charge in [0.1, 0.15) is 0 Å². The van der Waals surface area contributed by atoms with Gasteiger partial charge >= 0.3 is 6.18 Å². The normalized spacial score (nSPS) is 12.3. The summed E-state index contributed by atoms with van der Waals surface area (Å²) in [4.78, 5) is 13.3. The summed E-state index contributed by atoms with van der Waals surface area (Å²) in [5, 5.41) is 0.996. The Morgan fingerprint density at radius 1 is 1.07 bits per heavy atom. The maximum Gasteiger partial charge on any atom is 0.416 e. The van der Waals surface area contributed by atoms with Crippen LogP contribution in [0.1, 0.15) is 23.1 Å². The van der Waals surface area contributed by atoms with Gasteiger partial charge in [0.05, 0.1) is 5.56 Å². The first-order valence-corrected chi connectivity index (χ1v) is 10.2. The molecule has 1 amide bonds. The van der Waals surface area contributed by atoms with Crippen LogP contribution in [-0.2, 0) is 27.5 Å². The Morgan fingerprint density at radius 2 is 1.69 bits per heavy atom. The number of sulfonamides is 1. The lowest BCUT2D eigenvalue weighted by molar-refractivity contribution is -0.139. The van der Waals surface area contributed by atoms with E-state index in [1.54, 1.807) is 30.3 Å². The number of benzene rings is 2. The highest BCUT2D eigenvalue weighted by molar-refractivity contribution is 7.92. The van der Waals surface area contributed by atoms with E-state index in [0.717, 1.165) is 16.4 Å². The second kappa shape index (κ2) is 9.71. The first kappa shape index (κ1) is 22.6. The molecule has 0 bridgehead atoms. The largest absolute Gasteiger partial charge is 0.416 e. The summed E-state index contributed by atoms with van der Waals surface area (Å²) in [5.41, 5.74) is -0.120. The smallest absolute Gasteiger partial charge is 0.341 e. The number of hydrogen-bond acceptors (Lipinski definition) is 3. The van der Waals surface area contributed by atoms with Crippen LogP contribution in [-0.4, -0.2) is 32.8 Å². The van der Waals surface area contributed by atoms with Gasteiger partial charge in [-0.05, 0) is 23.3 Å². The molecular weight excluding hydrogens is 405 g/mol. The molecule has 1 N–H and O–H groups in total. The molecule has 0 saturated carbocycles. The SMILES string of the molecule is CN(Cc1ccccc1C(F)(F)F)C(=O)CCNS(=O)(=O)/C=C/c1ccccc1. The molecule has 0 radical (unpaired) electrons. The third kappa shape index (κ3) is 7.35. The summed E-state index contributed by atoms with van der Waals surface area (Å²) in [6, 6.07) is 13.8. The van der Waals surface area contributed by atoms with Crippen LogP contribution in [0.25, 0.3) is 6.08 Å². The zero-order valence-electron chi connectivity index (χ0n) is 15.7. The number of nitrogens with one attached hydrogen (secondary N) is 1. The van der Waals surface area contributed by atoms with Gasteiger partial charge in [-0.2, -0.15) is 13.2 Å². The van der Waals surface area contributed by atoms with Gasteiger partial charge in [-0.1, -0.05) is 48.5 Å². The second-order valence-corrected chi connectivity index (χ2v) is 7.96. The standard InChI is InChI=1S/C20H21F3N2O3S/c1-25(15-17-9-5-6-10-18(17)20(21,22)23)19(26)11-13-24-29(27,28)14-12-16-7-3-2-4-8-16/h2-10,12,14,24H,11,13,15H2,1H3/b14-12+. The summed E-state index contributed by atoms with van der Waals surface area (Å²) in [7, 11) is -2.36. The van der Waals surface area contributed by atoms with Crippen molar-refractivity contribution in [1.82, 2.24) is 9.62 Å². The van der Waals surface area contributed by atoms with Crippen molar-refractivity contribution >= 4 is 22.0 Å². The molecule has 9 heteroatoms. The molecule has 0 unspecified atom stereocenters. The van der Waals surface area contributed by atoms with Gasteiger partial charge in [-0.15, -0.1) is 0 Å². The lowest BCUT2D eigenvalue weighted by Crippen LogP contribution is -2.31. The van der Waals surface area contributed by atoms with E-state index in [2.05, 4.69) is 4.72 Å². The van der Waals surface area contributed by atoms with Crippen molar-refractivity contribution in [1.29, 1.82) is 0 Å². The number of nitrogens with zero attached hydrogens (tertiary/aromatic N) is 1. The van der Waals surface area contributed by atoms with E-state index in [4.69, 9.17) is 0 Å². The number of alkyl halides is 3. The zero-order chi connectivity index (χ0) is 21.5. The molecule has 156 valence electrons. The molecule has 0 aliphatic carbocycles. The summed E-state index contributed by atoms with van der Waals surface area (Å²) in [6.45, 7) is -0.388. The first-order valence-electron chi connectivity index (χ1n) is 8.70. The molecule has 2 aromatic carbocycles. The Morgan fingerprint density at radius 3 is 2.34 bits per heavy atom. The van der Waals surface area contributed by atoms with Crippen LogP contribution >= 0.6 is 0 Å². The number of halogens is 3. The highest BCUT2D eigenvalue weighted by atomic mass is 32.2. The lowest BCUT2D eigenvalue weighted by Gasteiger charge is -2.20.